The number of hydrogen-bond donors (Lipinski definition) is 1. The summed E-state index contributed by atoms with van der Waals surface area (Å²) in [6, 6.07) is 5.41. The van der Waals surface area contributed by atoms with Crippen LogP contribution in [0.4, 0.5) is 5.69 Å². The molecule has 0 saturated carbocycles. The number of imide groups is 1. The van der Waals surface area contributed by atoms with E-state index in [2.05, 4.69) is 5.32 Å². The van der Waals surface area contributed by atoms with Gasteiger partial charge in [0.25, 0.3) is 0 Å². The van der Waals surface area contributed by atoms with Gasteiger partial charge in [0.1, 0.15) is 5.75 Å². The van der Waals surface area contributed by atoms with Crippen molar-refractivity contribution in [3.8, 4) is 5.75 Å². The lowest BCUT2D eigenvalue weighted by atomic mass is 10.1. The number of benzene rings is 1. The maximum absolute atomic E-state index is 11.8. The summed E-state index contributed by atoms with van der Waals surface area (Å²) in [5, 5.41) is 2.75. The van der Waals surface area contributed by atoms with Crippen LogP contribution in [0, 0.1) is 6.92 Å². The second-order valence-electron chi connectivity index (χ2n) is 3.90. The summed E-state index contributed by atoms with van der Waals surface area (Å²) in [5.41, 5.74) is 1.49. The van der Waals surface area contributed by atoms with Gasteiger partial charge in [-0.15, -0.1) is 0 Å². The van der Waals surface area contributed by atoms with Gasteiger partial charge in [-0.25, -0.2) is 4.90 Å². The van der Waals surface area contributed by atoms with E-state index in [1.54, 1.807) is 12.1 Å². The molecule has 1 fully saturated rings. The van der Waals surface area contributed by atoms with Gasteiger partial charge < -0.3 is 4.74 Å². The summed E-state index contributed by atoms with van der Waals surface area (Å²) in [7, 11) is 1.52. The van der Waals surface area contributed by atoms with Gasteiger partial charge in [0, 0.05) is 0 Å². The normalized spacial score (nSPS) is 16.2. The minimum atomic E-state index is -0.259. The number of carbonyl (C=O) groups is 2. The largest absolute Gasteiger partial charge is 0.495 e. The van der Waals surface area contributed by atoms with E-state index in [1.165, 1.54) is 12.0 Å². The molecule has 5 nitrogen and oxygen atoms in total. The van der Waals surface area contributed by atoms with Gasteiger partial charge in [-0.05, 0) is 24.6 Å². The third-order valence-electron chi connectivity index (χ3n) is 2.63. The highest BCUT2D eigenvalue weighted by molar-refractivity contribution is 6.18. The van der Waals surface area contributed by atoms with Crippen LogP contribution in [-0.2, 0) is 9.59 Å². The Morgan fingerprint density at radius 2 is 1.88 bits per heavy atom. The summed E-state index contributed by atoms with van der Waals surface area (Å²) in [6.45, 7) is 2.24. The summed E-state index contributed by atoms with van der Waals surface area (Å²) in [6.07, 6.45) is 0. The van der Waals surface area contributed by atoms with E-state index in [4.69, 9.17) is 4.74 Å². The van der Waals surface area contributed by atoms with E-state index in [0.29, 0.717) is 11.4 Å². The van der Waals surface area contributed by atoms with Gasteiger partial charge in [0.2, 0.25) is 11.8 Å². The van der Waals surface area contributed by atoms with Crippen LogP contribution in [0.5, 0.6) is 5.75 Å². The van der Waals surface area contributed by atoms with E-state index < -0.39 is 0 Å². The van der Waals surface area contributed by atoms with Crippen molar-refractivity contribution in [1.82, 2.24) is 5.32 Å². The molecule has 0 aromatic heterocycles. The number of hydrogen-bond acceptors (Lipinski definition) is 4. The molecule has 1 N–H and O–H groups in total. The molecule has 1 aromatic rings. The predicted molar refractivity (Wildman–Crippen MR) is 63.1 cm³/mol. The monoisotopic (exact) mass is 234 g/mol. The average Bonchev–Trinajstić information content (AvgIpc) is 2.29. The maximum atomic E-state index is 11.8. The number of aryl methyl sites for hydroxylation is 1. The molecule has 5 heteroatoms. The van der Waals surface area contributed by atoms with Gasteiger partial charge in [-0.3, -0.25) is 14.9 Å². The van der Waals surface area contributed by atoms with Crippen molar-refractivity contribution in [3.05, 3.63) is 23.8 Å². The summed E-state index contributed by atoms with van der Waals surface area (Å²) in [4.78, 5) is 24.7. The number of rotatable bonds is 2. The second-order valence-corrected chi connectivity index (χ2v) is 3.90. The van der Waals surface area contributed by atoms with Crippen LogP contribution in [0.3, 0.4) is 0 Å². The molecule has 1 aliphatic rings. The van der Waals surface area contributed by atoms with Crippen molar-refractivity contribution in [3.63, 3.8) is 0 Å². The molecule has 1 saturated heterocycles. The Labute approximate surface area is 99.4 Å². The Morgan fingerprint density at radius 1 is 1.24 bits per heavy atom. The lowest BCUT2D eigenvalue weighted by Crippen LogP contribution is -2.52. The van der Waals surface area contributed by atoms with Crippen molar-refractivity contribution >= 4 is 17.5 Å². The van der Waals surface area contributed by atoms with Crippen LogP contribution in [0.2, 0.25) is 0 Å². The van der Waals surface area contributed by atoms with Crippen LogP contribution in [-0.4, -0.2) is 32.0 Å². The Bertz CT molecular complexity index is 455. The first kappa shape index (κ1) is 11.6. The fourth-order valence-electron chi connectivity index (χ4n) is 1.82. The lowest BCUT2D eigenvalue weighted by Gasteiger charge is -2.27. The number of piperazine rings is 1. The molecule has 0 atom stereocenters. The number of ether oxygens (including phenoxy) is 1. The highest BCUT2D eigenvalue weighted by Crippen LogP contribution is 2.30. The lowest BCUT2D eigenvalue weighted by molar-refractivity contribution is -0.127. The number of carbonyl (C=O) groups excluding carboxylic acids is 2. The van der Waals surface area contributed by atoms with Crippen LogP contribution >= 0.6 is 0 Å². The van der Waals surface area contributed by atoms with E-state index in [-0.39, 0.29) is 24.9 Å². The molecule has 1 aliphatic heterocycles. The number of nitrogens with one attached hydrogen (secondary N) is 1. The number of methoxy groups -OCH3 is 1. The molecule has 17 heavy (non-hydrogen) atoms. The van der Waals surface area contributed by atoms with E-state index in [9.17, 15) is 9.59 Å². The first-order valence-electron chi connectivity index (χ1n) is 5.34. The fraction of sp³-hybridized carbons (Fsp3) is 0.333. The Hall–Kier alpha value is -1.88. The van der Waals surface area contributed by atoms with E-state index in [1.807, 2.05) is 13.0 Å². The highest BCUT2D eigenvalue weighted by atomic mass is 16.5. The van der Waals surface area contributed by atoms with Crippen LogP contribution in [0.15, 0.2) is 18.2 Å². The Kier molecular flexibility index (Phi) is 3.10. The molecular formula is C12H14N2O3. The molecule has 90 valence electrons. The molecule has 0 bridgehead atoms. The standard InChI is InChI=1S/C12H14N2O3/c1-8-3-4-10(17-2)9(5-8)14-11(15)6-13-7-12(14)16/h3-5,13H,6-7H2,1-2H3. The van der Waals surface area contributed by atoms with Crippen molar-refractivity contribution < 1.29 is 14.3 Å². The first-order chi connectivity index (χ1) is 8.13. The first-order valence-corrected chi connectivity index (χ1v) is 5.34. The molecule has 0 unspecified atom stereocenters. The van der Waals surface area contributed by atoms with E-state index in [0.717, 1.165) is 5.56 Å². The molecule has 1 heterocycles. The van der Waals surface area contributed by atoms with Gasteiger partial charge in [0.05, 0.1) is 25.9 Å². The minimum Gasteiger partial charge on any atom is -0.495 e. The molecule has 2 amide bonds. The SMILES string of the molecule is COc1ccc(C)cc1N1C(=O)CNCC1=O. The smallest absolute Gasteiger partial charge is 0.247 e. The molecular weight excluding hydrogens is 220 g/mol. The minimum absolute atomic E-state index is 0.169. The van der Waals surface area contributed by atoms with Crippen LogP contribution in [0.25, 0.3) is 0 Å². The van der Waals surface area contributed by atoms with Crippen LogP contribution < -0.4 is 15.0 Å². The Morgan fingerprint density at radius 3 is 2.47 bits per heavy atom. The predicted octanol–water partition coefficient (Wildman–Crippen LogP) is 0.466. The zero-order valence-electron chi connectivity index (χ0n) is 9.82. The molecule has 1 aromatic carbocycles. The third kappa shape index (κ3) is 2.14. The molecule has 0 radical (unpaired) electrons. The van der Waals surface area contributed by atoms with Crippen LogP contribution in [0.1, 0.15) is 5.56 Å². The summed E-state index contributed by atoms with van der Waals surface area (Å²) in [5.74, 6) is 0.00880. The average molecular weight is 234 g/mol. The topological polar surface area (TPSA) is 58.6 Å². The van der Waals surface area contributed by atoms with Crippen molar-refractivity contribution in [2.24, 2.45) is 0 Å². The summed E-state index contributed by atoms with van der Waals surface area (Å²) >= 11 is 0. The zero-order chi connectivity index (χ0) is 12.4. The number of anilines is 1. The summed E-state index contributed by atoms with van der Waals surface area (Å²) < 4.78 is 5.18. The molecule has 2 rings (SSSR count). The molecule has 0 aliphatic carbocycles. The maximum Gasteiger partial charge on any atom is 0.247 e. The zero-order valence-corrected chi connectivity index (χ0v) is 9.82. The van der Waals surface area contributed by atoms with Gasteiger partial charge >= 0.3 is 0 Å². The van der Waals surface area contributed by atoms with Crippen molar-refractivity contribution in [1.29, 1.82) is 0 Å². The number of nitrogens with zero attached hydrogens (tertiary/aromatic N) is 1. The molecule has 0 spiro atoms. The van der Waals surface area contributed by atoms with Gasteiger partial charge in [-0.1, -0.05) is 6.07 Å². The van der Waals surface area contributed by atoms with E-state index >= 15 is 0 Å². The van der Waals surface area contributed by atoms with Gasteiger partial charge in [-0.2, -0.15) is 0 Å². The fourth-order valence-corrected chi connectivity index (χ4v) is 1.82. The van der Waals surface area contributed by atoms with Crippen molar-refractivity contribution in [2.45, 2.75) is 6.92 Å². The Balaban J connectivity index is 2.47. The quantitative estimate of drug-likeness (QED) is 0.755. The highest BCUT2D eigenvalue weighted by Gasteiger charge is 2.29. The number of amides is 2. The second kappa shape index (κ2) is 4.55. The van der Waals surface area contributed by atoms with Crippen molar-refractivity contribution in [2.75, 3.05) is 25.1 Å². The van der Waals surface area contributed by atoms with Gasteiger partial charge in [0.15, 0.2) is 0 Å². The third-order valence-corrected chi connectivity index (χ3v) is 2.63.